The highest BCUT2D eigenvalue weighted by Crippen LogP contribution is 2.36. The topological polar surface area (TPSA) is 47.6 Å². The molecule has 4 nitrogen and oxygen atoms in total. The Bertz CT molecular complexity index is 548. The van der Waals surface area contributed by atoms with Gasteiger partial charge >= 0.3 is 7.12 Å². The van der Waals surface area contributed by atoms with Crippen LogP contribution in [0.15, 0.2) is 30.3 Å². The predicted molar refractivity (Wildman–Crippen MR) is 89.9 cm³/mol. The van der Waals surface area contributed by atoms with Crippen molar-refractivity contribution in [3.8, 4) is 0 Å². The molecule has 1 aliphatic heterocycles. The monoisotopic (exact) mass is 301 g/mol. The van der Waals surface area contributed by atoms with Gasteiger partial charge in [0.05, 0.1) is 11.2 Å². The highest BCUT2D eigenvalue weighted by molar-refractivity contribution is 6.62. The number of nitrogens with one attached hydrogen (secondary N) is 1. The van der Waals surface area contributed by atoms with Crippen LogP contribution >= 0.6 is 0 Å². The van der Waals surface area contributed by atoms with E-state index in [2.05, 4.69) is 5.32 Å². The fourth-order valence-corrected chi connectivity index (χ4v) is 2.14. The second kappa shape index (κ2) is 6.27. The highest BCUT2D eigenvalue weighted by atomic mass is 16.7. The molecule has 1 N–H and O–H groups in total. The van der Waals surface area contributed by atoms with Crippen LogP contribution in [0.3, 0.4) is 0 Å². The Balaban J connectivity index is 2.00. The fourth-order valence-electron chi connectivity index (χ4n) is 2.14. The molecule has 22 heavy (non-hydrogen) atoms. The molecule has 1 aromatic rings. The first kappa shape index (κ1) is 16.8. The van der Waals surface area contributed by atoms with Crippen LogP contribution in [0.25, 0.3) is 6.08 Å². The van der Waals surface area contributed by atoms with Crippen molar-refractivity contribution in [2.75, 3.05) is 6.54 Å². The van der Waals surface area contributed by atoms with E-state index in [0.29, 0.717) is 6.54 Å². The maximum Gasteiger partial charge on any atom is 0.494 e. The van der Waals surface area contributed by atoms with Gasteiger partial charge in [0.25, 0.3) is 0 Å². The molecule has 1 heterocycles. The smallest absolute Gasteiger partial charge is 0.399 e. The summed E-state index contributed by atoms with van der Waals surface area (Å²) in [6.07, 6.45) is 3.90. The van der Waals surface area contributed by atoms with E-state index >= 15 is 0 Å². The maximum atomic E-state index is 10.8. The van der Waals surface area contributed by atoms with E-state index in [1.165, 1.54) is 6.92 Å². The van der Waals surface area contributed by atoms with Gasteiger partial charge in [0.15, 0.2) is 0 Å². The zero-order valence-corrected chi connectivity index (χ0v) is 14.0. The lowest BCUT2D eigenvalue weighted by atomic mass is 9.79. The lowest BCUT2D eigenvalue weighted by Crippen LogP contribution is -2.41. The number of rotatable bonds is 4. The molecule has 0 atom stereocenters. The van der Waals surface area contributed by atoms with Crippen LogP contribution in [-0.2, 0) is 14.1 Å². The molecule has 0 saturated carbocycles. The number of hydrogen-bond donors (Lipinski definition) is 1. The van der Waals surface area contributed by atoms with Crippen LogP contribution in [0.4, 0.5) is 0 Å². The van der Waals surface area contributed by atoms with Crippen LogP contribution in [0.1, 0.15) is 40.2 Å². The number of carbonyl (C=O) groups excluding carboxylic acids is 1. The summed E-state index contributed by atoms with van der Waals surface area (Å²) in [7, 11) is -0.331. The molecule has 118 valence electrons. The first-order chi connectivity index (χ1) is 10.2. The lowest BCUT2D eigenvalue weighted by Gasteiger charge is -2.32. The third-order valence-corrected chi connectivity index (χ3v) is 4.24. The lowest BCUT2D eigenvalue weighted by molar-refractivity contribution is -0.118. The molecule has 0 aromatic heterocycles. The van der Waals surface area contributed by atoms with Gasteiger partial charge in [-0.05, 0) is 38.7 Å². The van der Waals surface area contributed by atoms with Gasteiger partial charge in [-0.3, -0.25) is 4.79 Å². The van der Waals surface area contributed by atoms with Crippen LogP contribution in [0.5, 0.6) is 0 Å². The molecule has 2 rings (SSSR count). The molecule has 1 saturated heterocycles. The average Bonchev–Trinajstić information content (AvgIpc) is 2.64. The maximum absolute atomic E-state index is 10.8. The first-order valence-electron chi connectivity index (χ1n) is 7.58. The van der Waals surface area contributed by atoms with Crippen molar-refractivity contribution in [3.63, 3.8) is 0 Å². The fraction of sp³-hybridized carbons (Fsp3) is 0.471. The first-order valence-corrected chi connectivity index (χ1v) is 7.58. The van der Waals surface area contributed by atoms with Crippen molar-refractivity contribution < 1.29 is 14.1 Å². The number of amides is 1. The van der Waals surface area contributed by atoms with Gasteiger partial charge in [-0.25, -0.2) is 0 Å². The normalized spacial score (nSPS) is 19.6. The summed E-state index contributed by atoms with van der Waals surface area (Å²) in [6.45, 7) is 10.2. The predicted octanol–water partition coefficient (Wildman–Crippen LogP) is 2.14. The van der Waals surface area contributed by atoms with Crippen molar-refractivity contribution in [1.29, 1.82) is 0 Å². The molecule has 0 spiro atoms. The molecule has 1 fully saturated rings. The van der Waals surface area contributed by atoms with Crippen LogP contribution in [-0.4, -0.2) is 30.8 Å². The third kappa shape index (κ3) is 3.78. The van der Waals surface area contributed by atoms with Crippen LogP contribution < -0.4 is 10.8 Å². The van der Waals surface area contributed by atoms with E-state index in [1.807, 2.05) is 64.1 Å². The van der Waals surface area contributed by atoms with E-state index in [-0.39, 0.29) is 24.2 Å². The molecule has 0 unspecified atom stereocenters. The summed E-state index contributed by atoms with van der Waals surface area (Å²) in [5.41, 5.74) is 1.44. The molecule has 1 amide bonds. The zero-order chi connectivity index (χ0) is 16.4. The molecule has 0 aliphatic carbocycles. The minimum atomic E-state index is -0.331. The van der Waals surface area contributed by atoms with Gasteiger partial charge in [0.1, 0.15) is 0 Å². The Morgan fingerprint density at radius 2 is 1.68 bits per heavy atom. The summed E-state index contributed by atoms with van der Waals surface area (Å²) in [6, 6.07) is 8.07. The van der Waals surface area contributed by atoms with Crippen LogP contribution in [0, 0.1) is 0 Å². The number of carbonyl (C=O) groups is 1. The summed E-state index contributed by atoms with van der Waals surface area (Å²) in [5.74, 6) is -0.0271. The zero-order valence-electron chi connectivity index (χ0n) is 14.0. The Morgan fingerprint density at radius 1 is 1.14 bits per heavy atom. The van der Waals surface area contributed by atoms with Gasteiger partial charge < -0.3 is 14.6 Å². The van der Waals surface area contributed by atoms with Crippen LogP contribution in [0.2, 0.25) is 0 Å². The summed E-state index contributed by atoms with van der Waals surface area (Å²) >= 11 is 0. The molecule has 0 radical (unpaired) electrons. The van der Waals surface area contributed by atoms with Gasteiger partial charge in [0, 0.05) is 13.5 Å². The van der Waals surface area contributed by atoms with Crippen molar-refractivity contribution in [3.05, 3.63) is 35.9 Å². The van der Waals surface area contributed by atoms with E-state index in [1.54, 1.807) is 0 Å². The molecular weight excluding hydrogens is 277 g/mol. The molecule has 0 bridgehead atoms. The Labute approximate surface area is 133 Å². The van der Waals surface area contributed by atoms with E-state index < -0.39 is 0 Å². The van der Waals surface area contributed by atoms with Crippen molar-refractivity contribution in [2.24, 2.45) is 0 Å². The van der Waals surface area contributed by atoms with Crippen molar-refractivity contribution in [2.45, 2.75) is 45.8 Å². The van der Waals surface area contributed by atoms with Gasteiger partial charge in [-0.15, -0.1) is 0 Å². The minimum Gasteiger partial charge on any atom is -0.399 e. The highest BCUT2D eigenvalue weighted by Gasteiger charge is 2.51. The Morgan fingerprint density at radius 3 is 2.18 bits per heavy atom. The number of benzene rings is 1. The van der Waals surface area contributed by atoms with E-state index in [0.717, 1.165) is 11.0 Å². The molecular formula is C17H24BNO3. The summed E-state index contributed by atoms with van der Waals surface area (Å²) in [4.78, 5) is 10.8. The SMILES string of the molecule is CC(=O)NCC=Cc1ccc(B2OC(C)(C)C(C)(C)O2)cc1. The van der Waals surface area contributed by atoms with E-state index in [9.17, 15) is 4.79 Å². The summed E-state index contributed by atoms with van der Waals surface area (Å²) < 4.78 is 12.1. The molecule has 5 heteroatoms. The minimum absolute atomic E-state index is 0.0271. The van der Waals surface area contributed by atoms with E-state index in [4.69, 9.17) is 9.31 Å². The largest absolute Gasteiger partial charge is 0.494 e. The quantitative estimate of drug-likeness (QED) is 0.867. The second-order valence-corrected chi connectivity index (χ2v) is 6.59. The summed E-state index contributed by atoms with van der Waals surface area (Å²) in [5, 5.41) is 2.72. The second-order valence-electron chi connectivity index (χ2n) is 6.59. The van der Waals surface area contributed by atoms with Gasteiger partial charge in [-0.2, -0.15) is 0 Å². The van der Waals surface area contributed by atoms with Gasteiger partial charge in [-0.1, -0.05) is 36.4 Å². The Hall–Kier alpha value is -1.59. The molecule has 1 aromatic carbocycles. The van der Waals surface area contributed by atoms with Crippen molar-refractivity contribution in [1.82, 2.24) is 5.32 Å². The average molecular weight is 301 g/mol. The van der Waals surface area contributed by atoms with Crippen molar-refractivity contribution >= 4 is 24.6 Å². The van der Waals surface area contributed by atoms with Gasteiger partial charge in [0.2, 0.25) is 5.91 Å². The standard InChI is InChI=1S/C17H24BNO3/c1-13(20)19-12-6-7-14-8-10-15(11-9-14)18-21-16(2,3)17(4,5)22-18/h6-11H,12H2,1-5H3,(H,19,20). The molecule has 1 aliphatic rings. The number of hydrogen-bond acceptors (Lipinski definition) is 3. The third-order valence-electron chi connectivity index (χ3n) is 4.24. The Kier molecular flexibility index (Phi) is 4.78.